The van der Waals surface area contributed by atoms with E-state index in [1.54, 1.807) is 0 Å². The zero-order valence-corrected chi connectivity index (χ0v) is 9.90. The lowest BCUT2D eigenvalue weighted by molar-refractivity contribution is 0.140. The Hall–Kier alpha value is -0.930. The Morgan fingerprint density at radius 1 is 1.33 bits per heavy atom. The van der Waals surface area contributed by atoms with Crippen LogP contribution in [0.1, 0.15) is 25.8 Å². The van der Waals surface area contributed by atoms with E-state index in [4.69, 9.17) is 5.73 Å². The maximum absolute atomic E-state index is 5.61. The average molecular weight is 207 g/mol. The number of hydrogen-bond acceptors (Lipinski definition) is 3. The highest BCUT2D eigenvalue weighted by atomic mass is 15.2. The first-order chi connectivity index (χ1) is 7.06. The smallest absolute Gasteiger partial charge is 0.0271 e. The molecule has 0 aliphatic heterocycles. The number of nitrogens with two attached hydrogens (primary N) is 1. The molecule has 0 unspecified atom stereocenters. The zero-order valence-electron chi connectivity index (χ0n) is 9.90. The summed E-state index contributed by atoms with van der Waals surface area (Å²) in [6, 6.07) is 4.10. The van der Waals surface area contributed by atoms with E-state index < -0.39 is 0 Å². The molecule has 84 valence electrons. The van der Waals surface area contributed by atoms with E-state index in [-0.39, 0.29) is 5.54 Å². The van der Waals surface area contributed by atoms with Crippen LogP contribution in [0.25, 0.3) is 0 Å². The van der Waals surface area contributed by atoms with Gasteiger partial charge in [-0.25, -0.2) is 0 Å². The van der Waals surface area contributed by atoms with Crippen LogP contribution in [0.2, 0.25) is 0 Å². The van der Waals surface area contributed by atoms with Crippen LogP contribution >= 0.6 is 0 Å². The molecule has 0 amide bonds. The Bertz CT molecular complexity index is 282. The van der Waals surface area contributed by atoms with E-state index in [1.807, 2.05) is 12.4 Å². The summed E-state index contributed by atoms with van der Waals surface area (Å²) in [5.74, 6) is 0. The summed E-state index contributed by atoms with van der Waals surface area (Å²) < 4.78 is 0. The van der Waals surface area contributed by atoms with Crippen molar-refractivity contribution in [3.05, 3.63) is 30.1 Å². The Morgan fingerprint density at radius 3 is 2.47 bits per heavy atom. The zero-order chi connectivity index (χ0) is 11.3. The lowest BCUT2D eigenvalue weighted by Gasteiger charge is -2.35. The minimum absolute atomic E-state index is 0.151. The maximum Gasteiger partial charge on any atom is 0.0271 e. The first-order valence-corrected chi connectivity index (χ1v) is 5.36. The van der Waals surface area contributed by atoms with Crippen LogP contribution in [0.5, 0.6) is 0 Å². The molecule has 0 spiro atoms. The fourth-order valence-corrected chi connectivity index (χ4v) is 1.52. The highest BCUT2D eigenvalue weighted by Gasteiger charge is 2.22. The van der Waals surface area contributed by atoms with Crippen molar-refractivity contribution < 1.29 is 0 Å². The van der Waals surface area contributed by atoms with Gasteiger partial charge in [0.2, 0.25) is 0 Å². The third-order valence-electron chi connectivity index (χ3n) is 2.96. The molecule has 0 atom stereocenters. The second-order valence-corrected chi connectivity index (χ2v) is 4.56. The fraction of sp³-hybridized carbons (Fsp3) is 0.583. The largest absolute Gasteiger partial charge is 0.330 e. The van der Waals surface area contributed by atoms with Crippen LogP contribution in [0.15, 0.2) is 24.5 Å². The molecule has 0 aromatic carbocycles. The molecule has 1 heterocycles. The molecule has 0 radical (unpaired) electrons. The van der Waals surface area contributed by atoms with Gasteiger partial charge in [0, 0.05) is 24.5 Å². The third kappa shape index (κ3) is 3.61. The van der Waals surface area contributed by atoms with Gasteiger partial charge in [-0.05, 0) is 51.6 Å². The Balaban J connectivity index is 2.59. The van der Waals surface area contributed by atoms with Gasteiger partial charge in [0.15, 0.2) is 0 Å². The summed E-state index contributed by atoms with van der Waals surface area (Å²) in [6.45, 7) is 6.12. The molecular formula is C12H21N3. The van der Waals surface area contributed by atoms with Gasteiger partial charge >= 0.3 is 0 Å². The highest BCUT2D eigenvalue weighted by Crippen LogP contribution is 2.18. The summed E-state index contributed by atoms with van der Waals surface area (Å²) in [4.78, 5) is 6.34. The average Bonchev–Trinajstić information content (AvgIpc) is 2.19. The second-order valence-electron chi connectivity index (χ2n) is 4.56. The minimum Gasteiger partial charge on any atom is -0.330 e. The van der Waals surface area contributed by atoms with E-state index in [0.29, 0.717) is 0 Å². The molecule has 1 aromatic heterocycles. The summed E-state index contributed by atoms with van der Waals surface area (Å²) in [7, 11) is 2.14. The monoisotopic (exact) mass is 207 g/mol. The summed E-state index contributed by atoms with van der Waals surface area (Å²) in [6.07, 6.45) is 4.67. The number of hydrogen-bond donors (Lipinski definition) is 1. The van der Waals surface area contributed by atoms with Crippen molar-refractivity contribution in [2.45, 2.75) is 32.4 Å². The van der Waals surface area contributed by atoms with Crippen LogP contribution in [0.3, 0.4) is 0 Å². The van der Waals surface area contributed by atoms with Gasteiger partial charge < -0.3 is 5.73 Å². The summed E-state index contributed by atoms with van der Waals surface area (Å²) in [5.41, 5.74) is 7.05. The molecule has 0 aliphatic carbocycles. The van der Waals surface area contributed by atoms with Crippen molar-refractivity contribution in [1.82, 2.24) is 9.88 Å². The van der Waals surface area contributed by atoms with E-state index in [1.165, 1.54) is 5.56 Å². The van der Waals surface area contributed by atoms with Gasteiger partial charge in [0.25, 0.3) is 0 Å². The molecule has 2 N–H and O–H groups in total. The number of rotatable bonds is 5. The highest BCUT2D eigenvalue weighted by molar-refractivity contribution is 5.09. The van der Waals surface area contributed by atoms with Crippen molar-refractivity contribution >= 4 is 0 Å². The van der Waals surface area contributed by atoms with Gasteiger partial charge in [-0.2, -0.15) is 0 Å². The van der Waals surface area contributed by atoms with Gasteiger partial charge in [0.05, 0.1) is 0 Å². The van der Waals surface area contributed by atoms with Crippen LogP contribution < -0.4 is 5.73 Å². The lowest BCUT2D eigenvalue weighted by atomic mass is 9.98. The van der Waals surface area contributed by atoms with E-state index in [9.17, 15) is 0 Å². The van der Waals surface area contributed by atoms with Crippen molar-refractivity contribution in [1.29, 1.82) is 0 Å². The third-order valence-corrected chi connectivity index (χ3v) is 2.96. The van der Waals surface area contributed by atoms with Crippen molar-refractivity contribution in [3.8, 4) is 0 Å². The Morgan fingerprint density at radius 2 is 1.93 bits per heavy atom. The van der Waals surface area contributed by atoms with Crippen LogP contribution in [-0.4, -0.2) is 29.0 Å². The predicted octanol–water partition coefficient (Wildman–Crippen LogP) is 1.64. The van der Waals surface area contributed by atoms with Gasteiger partial charge in [-0.3, -0.25) is 9.88 Å². The molecule has 1 rings (SSSR count). The molecule has 0 aliphatic rings. The standard InChI is InChI=1S/C12H21N3/c1-12(2,6-7-13)15(3)10-11-4-8-14-9-5-11/h4-5,8-9H,6-7,10,13H2,1-3H3. The molecule has 0 fully saturated rings. The van der Waals surface area contributed by atoms with Crippen LogP contribution in [0.4, 0.5) is 0 Å². The van der Waals surface area contributed by atoms with Gasteiger partial charge in [0.1, 0.15) is 0 Å². The summed E-state index contributed by atoms with van der Waals surface area (Å²) >= 11 is 0. The molecule has 0 bridgehead atoms. The predicted molar refractivity (Wildman–Crippen MR) is 63.5 cm³/mol. The van der Waals surface area contributed by atoms with Gasteiger partial charge in [-0.1, -0.05) is 0 Å². The Kier molecular flexibility index (Phi) is 4.24. The second kappa shape index (κ2) is 5.24. The topological polar surface area (TPSA) is 42.2 Å². The minimum atomic E-state index is 0.151. The SMILES string of the molecule is CN(Cc1ccncc1)C(C)(C)CCN. The lowest BCUT2D eigenvalue weighted by Crippen LogP contribution is -2.42. The molecular weight excluding hydrogens is 186 g/mol. The first kappa shape index (κ1) is 12.1. The number of pyridine rings is 1. The van der Waals surface area contributed by atoms with E-state index in [2.05, 4.69) is 42.9 Å². The molecule has 15 heavy (non-hydrogen) atoms. The number of nitrogens with zero attached hydrogens (tertiary/aromatic N) is 2. The molecule has 0 saturated heterocycles. The van der Waals surface area contributed by atoms with Crippen molar-refractivity contribution in [2.24, 2.45) is 5.73 Å². The van der Waals surface area contributed by atoms with Crippen molar-refractivity contribution in [3.63, 3.8) is 0 Å². The molecule has 1 aromatic rings. The quantitative estimate of drug-likeness (QED) is 0.798. The summed E-state index contributed by atoms with van der Waals surface area (Å²) in [5, 5.41) is 0. The normalized spacial score (nSPS) is 12.1. The van der Waals surface area contributed by atoms with Crippen molar-refractivity contribution in [2.75, 3.05) is 13.6 Å². The first-order valence-electron chi connectivity index (χ1n) is 5.36. The van der Waals surface area contributed by atoms with Gasteiger partial charge in [-0.15, -0.1) is 0 Å². The van der Waals surface area contributed by atoms with E-state index >= 15 is 0 Å². The van der Waals surface area contributed by atoms with Crippen LogP contribution in [-0.2, 0) is 6.54 Å². The Labute approximate surface area is 92.3 Å². The number of aromatic nitrogens is 1. The van der Waals surface area contributed by atoms with E-state index in [0.717, 1.165) is 19.5 Å². The maximum atomic E-state index is 5.61. The fourth-order valence-electron chi connectivity index (χ4n) is 1.52. The molecule has 3 heteroatoms. The molecule has 0 saturated carbocycles. The van der Waals surface area contributed by atoms with Crippen LogP contribution in [0, 0.1) is 0 Å². The molecule has 3 nitrogen and oxygen atoms in total.